The van der Waals surface area contributed by atoms with Crippen LogP contribution in [0.5, 0.6) is 0 Å². The topological polar surface area (TPSA) is 67.4 Å². The van der Waals surface area contributed by atoms with Crippen molar-refractivity contribution in [1.29, 1.82) is 0 Å². The molecule has 144 valence electrons. The minimum Gasteiger partial charge on any atom is -0.378 e. The molecule has 1 aromatic heterocycles. The maximum Gasteiger partial charge on any atom is 0.251 e. The Morgan fingerprint density at radius 3 is 2.68 bits per heavy atom. The number of nitrogens with zero attached hydrogens (tertiary/aromatic N) is 3. The van der Waals surface area contributed by atoms with Crippen LogP contribution >= 0.6 is 11.8 Å². The van der Waals surface area contributed by atoms with E-state index >= 15 is 0 Å². The first-order valence-electron chi connectivity index (χ1n) is 9.23. The second-order valence-electron chi connectivity index (χ2n) is 6.56. The molecule has 1 N–H and O–H groups in total. The van der Waals surface area contributed by atoms with Gasteiger partial charge >= 0.3 is 0 Å². The fourth-order valence-corrected chi connectivity index (χ4v) is 3.65. The normalized spacial score (nSPS) is 14.2. The monoisotopic (exact) mass is 394 g/mol. The van der Waals surface area contributed by atoms with E-state index in [0.717, 1.165) is 35.4 Å². The fourth-order valence-electron chi connectivity index (χ4n) is 3.24. The largest absolute Gasteiger partial charge is 0.378 e. The number of hydrogen-bond donors (Lipinski definition) is 1. The summed E-state index contributed by atoms with van der Waals surface area (Å²) in [4.78, 5) is 24.9. The van der Waals surface area contributed by atoms with Crippen molar-refractivity contribution in [2.24, 2.45) is 0 Å². The molecule has 1 amide bonds. The summed E-state index contributed by atoms with van der Waals surface area (Å²) >= 11 is 1.70. The third-order valence-electron chi connectivity index (χ3n) is 4.80. The summed E-state index contributed by atoms with van der Waals surface area (Å²) in [5.41, 5.74) is 2.52. The molecule has 0 unspecified atom stereocenters. The van der Waals surface area contributed by atoms with Crippen LogP contribution in [-0.4, -0.2) is 48.4 Å². The van der Waals surface area contributed by atoms with Gasteiger partial charge in [-0.15, -0.1) is 11.8 Å². The van der Waals surface area contributed by atoms with Crippen LogP contribution in [-0.2, 0) is 11.3 Å². The molecule has 7 heteroatoms. The Morgan fingerprint density at radius 2 is 1.93 bits per heavy atom. The predicted molar refractivity (Wildman–Crippen MR) is 112 cm³/mol. The van der Waals surface area contributed by atoms with E-state index in [-0.39, 0.29) is 5.91 Å². The van der Waals surface area contributed by atoms with Gasteiger partial charge in [-0.2, -0.15) is 0 Å². The summed E-state index contributed by atoms with van der Waals surface area (Å²) in [6.45, 7) is 3.43. The van der Waals surface area contributed by atoms with Gasteiger partial charge in [0.25, 0.3) is 5.91 Å². The van der Waals surface area contributed by atoms with Crippen molar-refractivity contribution in [3.05, 3.63) is 59.9 Å². The standard InChI is InChI=1S/C21H22N4O2S/c1-28-17-5-2-15(3-6-17)13-22-21(26)16-4-7-19-18(12-16)20(24-14-23-19)25-8-10-27-11-9-25/h2-7,12,14H,8-11,13H2,1H3,(H,22,26). The Kier molecular flexibility index (Phi) is 5.73. The summed E-state index contributed by atoms with van der Waals surface area (Å²) in [7, 11) is 0. The highest BCUT2D eigenvalue weighted by Crippen LogP contribution is 2.25. The smallest absolute Gasteiger partial charge is 0.251 e. The molecule has 2 aromatic carbocycles. The van der Waals surface area contributed by atoms with E-state index in [1.807, 2.05) is 36.6 Å². The second-order valence-corrected chi connectivity index (χ2v) is 7.44. The number of ether oxygens (including phenoxy) is 1. The lowest BCUT2D eigenvalue weighted by Gasteiger charge is -2.28. The molecular weight excluding hydrogens is 372 g/mol. The van der Waals surface area contributed by atoms with Gasteiger partial charge in [0.1, 0.15) is 12.1 Å². The first-order chi connectivity index (χ1) is 13.7. The Balaban J connectivity index is 1.53. The van der Waals surface area contributed by atoms with E-state index in [1.165, 1.54) is 4.90 Å². The van der Waals surface area contributed by atoms with E-state index in [0.29, 0.717) is 25.3 Å². The van der Waals surface area contributed by atoms with Crippen LogP contribution < -0.4 is 10.2 Å². The molecule has 6 nitrogen and oxygen atoms in total. The van der Waals surface area contributed by atoms with E-state index in [1.54, 1.807) is 18.1 Å². The molecule has 1 aliphatic heterocycles. The van der Waals surface area contributed by atoms with Crippen LogP contribution in [0.4, 0.5) is 5.82 Å². The van der Waals surface area contributed by atoms with Gasteiger partial charge in [0.15, 0.2) is 0 Å². The Bertz CT molecular complexity index is 972. The Morgan fingerprint density at radius 1 is 1.14 bits per heavy atom. The number of amides is 1. The number of carbonyl (C=O) groups is 1. The number of fused-ring (bicyclic) bond motifs is 1. The highest BCUT2D eigenvalue weighted by Gasteiger charge is 2.17. The minimum atomic E-state index is -0.104. The SMILES string of the molecule is CSc1ccc(CNC(=O)c2ccc3ncnc(N4CCOCC4)c3c2)cc1. The highest BCUT2D eigenvalue weighted by atomic mass is 32.2. The number of morpholine rings is 1. The number of thioether (sulfide) groups is 1. The third kappa shape index (κ3) is 4.10. The van der Waals surface area contributed by atoms with Crippen molar-refractivity contribution in [3.63, 3.8) is 0 Å². The van der Waals surface area contributed by atoms with E-state index in [2.05, 4.69) is 32.3 Å². The van der Waals surface area contributed by atoms with Gasteiger partial charge in [-0.1, -0.05) is 12.1 Å². The molecule has 4 rings (SSSR count). The second kappa shape index (κ2) is 8.58. The van der Waals surface area contributed by atoms with Gasteiger partial charge in [-0.3, -0.25) is 4.79 Å². The maximum absolute atomic E-state index is 12.7. The van der Waals surface area contributed by atoms with E-state index < -0.39 is 0 Å². The number of carbonyl (C=O) groups excluding carboxylic acids is 1. The van der Waals surface area contributed by atoms with Crippen LogP contribution in [0.15, 0.2) is 53.7 Å². The minimum absolute atomic E-state index is 0.104. The lowest BCUT2D eigenvalue weighted by atomic mass is 10.1. The zero-order valence-electron chi connectivity index (χ0n) is 15.7. The number of aromatic nitrogens is 2. The number of hydrogen-bond acceptors (Lipinski definition) is 6. The number of nitrogens with one attached hydrogen (secondary N) is 1. The molecule has 0 aliphatic carbocycles. The lowest BCUT2D eigenvalue weighted by Crippen LogP contribution is -2.36. The van der Waals surface area contributed by atoms with Crippen molar-refractivity contribution in [2.75, 3.05) is 37.5 Å². The van der Waals surface area contributed by atoms with E-state index in [4.69, 9.17) is 4.74 Å². The highest BCUT2D eigenvalue weighted by molar-refractivity contribution is 7.98. The number of benzene rings is 2. The number of anilines is 1. The summed E-state index contributed by atoms with van der Waals surface area (Å²) < 4.78 is 5.43. The van der Waals surface area contributed by atoms with Crippen LogP contribution in [0.25, 0.3) is 10.9 Å². The van der Waals surface area contributed by atoms with Crippen LogP contribution in [0, 0.1) is 0 Å². The summed E-state index contributed by atoms with van der Waals surface area (Å²) in [5.74, 6) is 0.753. The van der Waals surface area contributed by atoms with Crippen molar-refractivity contribution in [2.45, 2.75) is 11.4 Å². The van der Waals surface area contributed by atoms with Crippen molar-refractivity contribution >= 4 is 34.4 Å². The molecule has 0 saturated carbocycles. The van der Waals surface area contributed by atoms with Crippen molar-refractivity contribution in [1.82, 2.24) is 15.3 Å². The van der Waals surface area contributed by atoms with E-state index in [9.17, 15) is 4.79 Å². The van der Waals surface area contributed by atoms with Crippen LogP contribution in [0.1, 0.15) is 15.9 Å². The lowest BCUT2D eigenvalue weighted by molar-refractivity contribution is 0.0951. The molecule has 28 heavy (non-hydrogen) atoms. The fraction of sp³-hybridized carbons (Fsp3) is 0.286. The molecular formula is C21H22N4O2S. The molecule has 0 spiro atoms. The quantitative estimate of drug-likeness (QED) is 0.671. The van der Waals surface area contributed by atoms with Crippen molar-refractivity contribution in [3.8, 4) is 0 Å². The average molecular weight is 395 g/mol. The summed E-state index contributed by atoms with van der Waals surface area (Å²) in [6, 6.07) is 13.8. The van der Waals surface area contributed by atoms with Crippen LogP contribution in [0.2, 0.25) is 0 Å². The van der Waals surface area contributed by atoms with Gasteiger partial charge in [0.05, 0.1) is 18.7 Å². The van der Waals surface area contributed by atoms with Crippen LogP contribution in [0.3, 0.4) is 0 Å². The van der Waals surface area contributed by atoms with Gasteiger partial charge in [0.2, 0.25) is 0 Å². The van der Waals surface area contributed by atoms with Gasteiger partial charge in [-0.05, 0) is 42.2 Å². The third-order valence-corrected chi connectivity index (χ3v) is 5.54. The summed E-state index contributed by atoms with van der Waals surface area (Å²) in [5, 5.41) is 3.89. The predicted octanol–water partition coefficient (Wildman–Crippen LogP) is 3.12. The number of rotatable bonds is 5. The molecule has 0 atom stereocenters. The first-order valence-corrected chi connectivity index (χ1v) is 10.5. The molecule has 1 fully saturated rings. The average Bonchev–Trinajstić information content (AvgIpc) is 2.77. The molecule has 0 bridgehead atoms. The Hall–Kier alpha value is -2.64. The Labute approximate surface area is 168 Å². The zero-order valence-corrected chi connectivity index (χ0v) is 16.5. The van der Waals surface area contributed by atoms with Gasteiger partial charge < -0.3 is 15.0 Å². The summed E-state index contributed by atoms with van der Waals surface area (Å²) in [6.07, 6.45) is 3.62. The van der Waals surface area contributed by atoms with Gasteiger partial charge in [0, 0.05) is 35.5 Å². The molecule has 0 radical (unpaired) electrons. The zero-order chi connectivity index (χ0) is 19.3. The molecule has 3 aromatic rings. The maximum atomic E-state index is 12.7. The molecule has 1 saturated heterocycles. The van der Waals surface area contributed by atoms with Gasteiger partial charge in [-0.25, -0.2) is 9.97 Å². The molecule has 2 heterocycles. The molecule has 1 aliphatic rings. The van der Waals surface area contributed by atoms with Crippen molar-refractivity contribution < 1.29 is 9.53 Å². The first kappa shape index (κ1) is 18.7.